The first-order valence-corrected chi connectivity index (χ1v) is 6.84. The molecule has 0 amide bonds. The highest BCUT2D eigenvalue weighted by atomic mass is 14.2. The summed E-state index contributed by atoms with van der Waals surface area (Å²) in [5.41, 5.74) is 1.72. The lowest BCUT2D eigenvalue weighted by molar-refractivity contribution is 0.512. The molecule has 0 aromatic carbocycles. The standard InChI is InChI=1S/C15H24/c1-2-4-6-8-11-15-13-9-12-14(15)10-7-5-3-1/h9,12-14H,1-8,10-11H2. The quantitative estimate of drug-likeness (QED) is 0.520. The highest BCUT2D eigenvalue weighted by Gasteiger charge is 2.14. The highest BCUT2D eigenvalue weighted by Crippen LogP contribution is 2.29. The molecule has 1 atom stereocenters. The average molecular weight is 204 g/mol. The van der Waals surface area contributed by atoms with Crippen LogP contribution >= 0.6 is 0 Å². The van der Waals surface area contributed by atoms with E-state index in [1.54, 1.807) is 5.57 Å². The lowest BCUT2D eigenvalue weighted by atomic mass is 9.91. The molecule has 0 bridgehead atoms. The van der Waals surface area contributed by atoms with Crippen molar-refractivity contribution < 1.29 is 0 Å². The predicted molar refractivity (Wildman–Crippen MR) is 66.9 cm³/mol. The lowest BCUT2D eigenvalue weighted by Crippen LogP contribution is -1.99. The van der Waals surface area contributed by atoms with Crippen molar-refractivity contribution in [3.63, 3.8) is 0 Å². The fourth-order valence-electron chi connectivity index (χ4n) is 2.86. The van der Waals surface area contributed by atoms with Crippen molar-refractivity contribution in [1.29, 1.82) is 0 Å². The van der Waals surface area contributed by atoms with E-state index in [9.17, 15) is 0 Å². The number of hydrogen-bond donors (Lipinski definition) is 0. The maximum Gasteiger partial charge on any atom is -0.00170 e. The minimum absolute atomic E-state index is 0.810. The van der Waals surface area contributed by atoms with Gasteiger partial charge in [0.15, 0.2) is 0 Å². The molecule has 2 rings (SSSR count). The average Bonchev–Trinajstić information content (AvgIpc) is 2.65. The fourth-order valence-corrected chi connectivity index (χ4v) is 2.86. The molecule has 0 aromatic rings. The molecular weight excluding hydrogens is 180 g/mol. The summed E-state index contributed by atoms with van der Waals surface area (Å²) in [7, 11) is 0. The van der Waals surface area contributed by atoms with Gasteiger partial charge in [-0.1, -0.05) is 68.7 Å². The Labute approximate surface area is 94.5 Å². The smallest absolute Gasteiger partial charge is 0.00170 e. The largest absolute Gasteiger partial charge is 0.0773 e. The molecule has 2 aliphatic rings. The number of rotatable bonds is 0. The van der Waals surface area contributed by atoms with Crippen molar-refractivity contribution in [2.24, 2.45) is 5.92 Å². The van der Waals surface area contributed by atoms with Crippen molar-refractivity contribution in [2.45, 2.75) is 64.2 Å². The van der Waals surface area contributed by atoms with Gasteiger partial charge in [-0.15, -0.1) is 0 Å². The van der Waals surface area contributed by atoms with Gasteiger partial charge in [0, 0.05) is 0 Å². The van der Waals surface area contributed by atoms with Gasteiger partial charge in [-0.2, -0.15) is 0 Å². The van der Waals surface area contributed by atoms with Gasteiger partial charge >= 0.3 is 0 Å². The second-order valence-corrected chi connectivity index (χ2v) is 5.10. The predicted octanol–water partition coefficient (Wildman–Crippen LogP) is 5.01. The molecule has 84 valence electrons. The molecule has 0 radical (unpaired) electrons. The minimum atomic E-state index is 0.810. The molecule has 0 aromatic heterocycles. The molecule has 0 nitrogen and oxygen atoms in total. The summed E-state index contributed by atoms with van der Waals surface area (Å²) in [5.74, 6) is 0.810. The molecule has 0 N–H and O–H groups in total. The maximum absolute atomic E-state index is 2.42. The molecule has 2 aliphatic carbocycles. The Kier molecular flexibility index (Phi) is 4.50. The summed E-state index contributed by atoms with van der Waals surface area (Å²) in [5, 5.41) is 0. The summed E-state index contributed by atoms with van der Waals surface area (Å²) in [6, 6.07) is 0. The van der Waals surface area contributed by atoms with Gasteiger partial charge in [0.1, 0.15) is 0 Å². The zero-order chi connectivity index (χ0) is 10.3. The second kappa shape index (κ2) is 6.15. The Morgan fingerprint density at radius 2 is 1.47 bits per heavy atom. The third kappa shape index (κ3) is 3.52. The summed E-state index contributed by atoms with van der Waals surface area (Å²) in [6.45, 7) is 0. The molecule has 1 fully saturated rings. The van der Waals surface area contributed by atoms with Gasteiger partial charge < -0.3 is 0 Å². The molecule has 15 heavy (non-hydrogen) atoms. The van der Waals surface area contributed by atoms with Crippen LogP contribution in [0, 0.1) is 5.92 Å². The third-order valence-corrected chi connectivity index (χ3v) is 3.86. The first kappa shape index (κ1) is 11.0. The van der Waals surface area contributed by atoms with Crippen molar-refractivity contribution in [2.75, 3.05) is 0 Å². The Bertz CT molecular complexity index is 234. The Hall–Kier alpha value is -0.520. The van der Waals surface area contributed by atoms with Crippen LogP contribution in [0.25, 0.3) is 0 Å². The summed E-state index contributed by atoms with van der Waals surface area (Å²) >= 11 is 0. The summed E-state index contributed by atoms with van der Waals surface area (Å²) in [6.07, 6.45) is 21.5. The second-order valence-electron chi connectivity index (χ2n) is 5.10. The molecule has 0 aliphatic heterocycles. The van der Waals surface area contributed by atoms with Gasteiger partial charge in [0.05, 0.1) is 0 Å². The van der Waals surface area contributed by atoms with Gasteiger partial charge in [-0.3, -0.25) is 0 Å². The van der Waals surface area contributed by atoms with Crippen LogP contribution in [-0.2, 0) is 0 Å². The number of fused-ring (bicyclic) bond motifs is 1. The number of hydrogen-bond acceptors (Lipinski definition) is 0. The third-order valence-electron chi connectivity index (χ3n) is 3.86. The lowest BCUT2D eigenvalue weighted by Gasteiger charge is -2.15. The Morgan fingerprint density at radius 1 is 0.800 bits per heavy atom. The van der Waals surface area contributed by atoms with Crippen molar-refractivity contribution in [3.05, 3.63) is 23.8 Å². The van der Waals surface area contributed by atoms with Crippen molar-refractivity contribution in [1.82, 2.24) is 0 Å². The van der Waals surface area contributed by atoms with Crippen LogP contribution in [0.3, 0.4) is 0 Å². The number of allylic oxidation sites excluding steroid dienone is 4. The highest BCUT2D eigenvalue weighted by molar-refractivity contribution is 5.27. The van der Waals surface area contributed by atoms with E-state index in [2.05, 4.69) is 18.2 Å². The molecule has 0 spiro atoms. The van der Waals surface area contributed by atoms with E-state index in [0.29, 0.717) is 0 Å². The SMILES string of the molecule is C1=CC2CCCCCCCCCCC2=C1. The molecule has 1 unspecified atom stereocenters. The van der Waals surface area contributed by atoms with Crippen LogP contribution in [0.5, 0.6) is 0 Å². The fraction of sp³-hybridized carbons (Fsp3) is 0.733. The normalized spacial score (nSPS) is 28.8. The molecule has 1 saturated carbocycles. The van der Waals surface area contributed by atoms with E-state index in [4.69, 9.17) is 0 Å². The van der Waals surface area contributed by atoms with Gasteiger partial charge in [-0.05, 0) is 25.2 Å². The first-order valence-electron chi connectivity index (χ1n) is 6.84. The van der Waals surface area contributed by atoms with Crippen LogP contribution in [-0.4, -0.2) is 0 Å². The molecule has 0 heterocycles. The topological polar surface area (TPSA) is 0 Å². The van der Waals surface area contributed by atoms with Crippen molar-refractivity contribution >= 4 is 0 Å². The van der Waals surface area contributed by atoms with Gasteiger partial charge in [0.2, 0.25) is 0 Å². The molecule has 0 saturated heterocycles. The minimum Gasteiger partial charge on any atom is -0.0773 e. The van der Waals surface area contributed by atoms with Crippen LogP contribution in [0.1, 0.15) is 64.2 Å². The van der Waals surface area contributed by atoms with Crippen LogP contribution in [0.4, 0.5) is 0 Å². The van der Waals surface area contributed by atoms with E-state index in [-0.39, 0.29) is 0 Å². The van der Waals surface area contributed by atoms with E-state index in [0.717, 1.165) is 5.92 Å². The van der Waals surface area contributed by atoms with Gasteiger partial charge in [0.25, 0.3) is 0 Å². The summed E-state index contributed by atoms with van der Waals surface area (Å²) in [4.78, 5) is 0. The zero-order valence-corrected chi connectivity index (χ0v) is 9.88. The van der Waals surface area contributed by atoms with E-state index >= 15 is 0 Å². The molecule has 0 heteroatoms. The zero-order valence-electron chi connectivity index (χ0n) is 9.88. The van der Waals surface area contributed by atoms with Gasteiger partial charge in [-0.25, -0.2) is 0 Å². The van der Waals surface area contributed by atoms with E-state index in [1.807, 2.05) is 0 Å². The Balaban J connectivity index is 1.83. The van der Waals surface area contributed by atoms with Crippen LogP contribution in [0.15, 0.2) is 23.8 Å². The van der Waals surface area contributed by atoms with E-state index in [1.165, 1.54) is 64.2 Å². The molecular formula is C15H24. The maximum atomic E-state index is 2.42. The summed E-state index contributed by atoms with van der Waals surface area (Å²) < 4.78 is 0. The van der Waals surface area contributed by atoms with Crippen LogP contribution < -0.4 is 0 Å². The van der Waals surface area contributed by atoms with Crippen molar-refractivity contribution in [3.8, 4) is 0 Å². The Morgan fingerprint density at radius 3 is 2.27 bits per heavy atom. The van der Waals surface area contributed by atoms with Crippen LogP contribution in [0.2, 0.25) is 0 Å². The van der Waals surface area contributed by atoms with E-state index < -0.39 is 0 Å². The first-order chi connectivity index (χ1) is 7.47. The monoisotopic (exact) mass is 204 g/mol.